The summed E-state index contributed by atoms with van der Waals surface area (Å²) in [5.41, 5.74) is 17.7. The molecule has 0 saturated carbocycles. The van der Waals surface area contributed by atoms with E-state index in [0.29, 0.717) is 5.56 Å². The van der Waals surface area contributed by atoms with E-state index in [1.54, 1.807) is 19.2 Å². The molecule has 3 aromatic rings. The number of halogens is 1. The van der Waals surface area contributed by atoms with Gasteiger partial charge in [-0.1, -0.05) is 29.1 Å². The molecule has 2 aliphatic rings. The number of fused-ring (bicyclic) bond motifs is 1. The first-order valence-electron chi connectivity index (χ1n) is 12.3. The van der Waals surface area contributed by atoms with Gasteiger partial charge in [0.2, 0.25) is 0 Å². The second-order valence-corrected chi connectivity index (χ2v) is 9.75. The average molecular weight is 471 g/mol. The molecule has 2 unspecified atom stereocenters. The number of piperidine rings is 1. The van der Waals surface area contributed by atoms with E-state index in [4.69, 9.17) is 5.73 Å². The Morgan fingerprint density at radius 3 is 2.66 bits per heavy atom. The van der Waals surface area contributed by atoms with Gasteiger partial charge in [-0.25, -0.2) is 9.40 Å². The molecule has 2 aliphatic heterocycles. The molecule has 180 valence electrons. The zero-order chi connectivity index (χ0) is 24.5. The lowest BCUT2D eigenvalue weighted by molar-refractivity contribution is 0.201. The molecule has 0 spiro atoms. The molecule has 1 fully saturated rings. The Kier molecular flexibility index (Phi) is 6.57. The number of hydrogen-bond donors (Lipinski definition) is 2. The van der Waals surface area contributed by atoms with Crippen LogP contribution in [0, 0.1) is 11.9 Å². The molecule has 6 heteroatoms. The summed E-state index contributed by atoms with van der Waals surface area (Å²) in [5, 5.41) is 2.11. The van der Waals surface area contributed by atoms with Crippen molar-refractivity contribution in [1.82, 2.24) is 9.91 Å². The predicted octanol–water partition coefficient (Wildman–Crippen LogP) is 5.73. The second kappa shape index (κ2) is 9.79. The Morgan fingerprint density at radius 1 is 1.09 bits per heavy atom. The van der Waals surface area contributed by atoms with Crippen molar-refractivity contribution < 1.29 is 4.39 Å². The van der Waals surface area contributed by atoms with Crippen LogP contribution in [0.2, 0.25) is 0 Å². The molecule has 1 saturated heterocycles. The largest absolute Gasteiger partial charge is 0.327 e. The topological polar surface area (TPSA) is 48.9 Å². The van der Waals surface area contributed by atoms with Crippen molar-refractivity contribution in [3.63, 3.8) is 0 Å². The van der Waals surface area contributed by atoms with E-state index in [1.807, 2.05) is 6.07 Å². The van der Waals surface area contributed by atoms with Crippen LogP contribution in [0.15, 0.2) is 54.6 Å². The van der Waals surface area contributed by atoms with Gasteiger partial charge >= 0.3 is 6.07 Å². The fourth-order valence-electron chi connectivity index (χ4n) is 5.24. The van der Waals surface area contributed by atoms with Crippen LogP contribution < -0.4 is 11.2 Å². The molecule has 5 rings (SSSR count). The summed E-state index contributed by atoms with van der Waals surface area (Å²) in [4.78, 5) is 6.27. The smallest absolute Gasteiger partial charge is 0.313 e. The molecule has 0 aliphatic carbocycles. The third-order valence-corrected chi connectivity index (χ3v) is 7.23. The monoisotopic (exact) mass is 470 g/mol. The van der Waals surface area contributed by atoms with Crippen LogP contribution >= 0.6 is 0 Å². The zero-order valence-electron chi connectivity index (χ0n) is 20.7. The minimum absolute atomic E-state index is 0.237. The molecule has 5 nitrogen and oxygen atoms in total. The predicted molar refractivity (Wildman–Crippen MR) is 142 cm³/mol. The number of anilines is 1. The molecule has 0 radical (unpaired) electrons. The van der Waals surface area contributed by atoms with Crippen molar-refractivity contribution in [1.29, 1.82) is 0 Å². The number of benzene rings is 3. The number of rotatable bonds is 4. The molecule has 0 amide bonds. The summed E-state index contributed by atoms with van der Waals surface area (Å²) in [6.07, 6.45) is 2.22. The summed E-state index contributed by atoms with van der Waals surface area (Å²) in [5.74, 6) is -0.320. The van der Waals surface area contributed by atoms with Crippen LogP contribution in [0.1, 0.15) is 42.5 Å². The lowest BCUT2D eigenvalue weighted by atomic mass is 9.90. The molecule has 2 atom stereocenters. The summed E-state index contributed by atoms with van der Waals surface area (Å²) in [7, 11) is 3.65. The van der Waals surface area contributed by atoms with Gasteiger partial charge in [-0.3, -0.25) is 4.90 Å². The molecular weight excluding hydrogens is 437 g/mol. The van der Waals surface area contributed by atoms with Gasteiger partial charge in [-0.05, 0) is 90.0 Å². The first kappa shape index (κ1) is 23.5. The maximum Gasteiger partial charge on any atom is 0.313 e. The summed E-state index contributed by atoms with van der Waals surface area (Å²) in [6.45, 7) is 5.00. The normalized spacial score (nSPS) is 20.1. The maximum absolute atomic E-state index is 14.9. The van der Waals surface area contributed by atoms with Crippen LogP contribution in [0.25, 0.3) is 27.1 Å². The van der Waals surface area contributed by atoms with Crippen molar-refractivity contribution >= 4 is 5.69 Å². The zero-order valence-corrected chi connectivity index (χ0v) is 20.7. The van der Waals surface area contributed by atoms with Crippen molar-refractivity contribution in [2.45, 2.75) is 38.4 Å². The number of hydrazine groups is 1. The van der Waals surface area contributed by atoms with Crippen LogP contribution in [-0.2, 0) is 6.54 Å². The van der Waals surface area contributed by atoms with Crippen LogP contribution in [0.5, 0.6) is 0 Å². The number of nitrogens with zero attached hydrogens (tertiary/aromatic N) is 3. The lowest BCUT2D eigenvalue weighted by Gasteiger charge is -2.30. The molecule has 0 aromatic heterocycles. The van der Waals surface area contributed by atoms with Gasteiger partial charge in [0.25, 0.3) is 7.05 Å². The van der Waals surface area contributed by atoms with Gasteiger partial charge in [0.15, 0.2) is 0 Å². The lowest BCUT2D eigenvalue weighted by Crippen LogP contribution is -2.42. The van der Waals surface area contributed by atoms with E-state index < -0.39 is 0 Å². The summed E-state index contributed by atoms with van der Waals surface area (Å²) >= 11 is 0. The van der Waals surface area contributed by atoms with Crippen molar-refractivity contribution in [3.05, 3.63) is 81.9 Å². The average Bonchev–Trinajstić information content (AvgIpc) is 3.13. The van der Waals surface area contributed by atoms with E-state index in [1.165, 1.54) is 11.1 Å². The van der Waals surface area contributed by atoms with E-state index in [2.05, 4.69) is 76.6 Å². The minimum Gasteiger partial charge on any atom is -0.327 e. The SMILES string of the molecule is C[N+]#Cc1ccc(-c2cc(CN3CCCC(N)C3)ccc2-c2ccc3c(c2)C(C)N(C)N3)cc1F. The molecule has 3 aromatic carbocycles. The fraction of sp³-hybridized carbons (Fsp3) is 0.345. The Hall–Kier alpha value is -3.24. The van der Waals surface area contributed by atoms with Gasteiger partial charge in [-0.15, -0.1) is 0 Å². The fourth-order valence-corrected chi connectivity index (χ4v) is 5.24. The highest BCUT2D eigenvalue weighted by Crippen LogP contribution is 2.40. The van der Waals surface area contributed by atoms with Gasteiger partial charge in [0, 0.05) is 26.2 Å². The quantitative estimate of drug-likeness (QED) is 0.512. The highest BCUT2D eigenvalue weighted by Gasteiger charge is 2.24. The van der Waals surface area contributed by atoms with Gasteiger partial charge in [0.05, 0.1) is 11.7 Å². The second-order valence-electron chi connectivity index (χ2n) is 9.75. The van der Waals surface area contributed by atoms with E-state index in [0.717, 1.165) is 60.4 Å². The Labute approximate surface area is 207 Å². The van der Waals surface area contributed by atoms with Crippen molar-refractivity contribution in [3.8, 4) is 28.3 Å². The molecular formula is C29H33FN5+. The van der Waals surface area contributed by atoms with Crippen LogP contribution in [-0.4, -0.2) is 43.1 Å². The third kappa shape index (κ3) is 4.81. The first-order chi connectivity index (χ1) is 16.9. The maximum atomic E-state index is 14.9. The molecule has 0 bridgehead atoms. The molecule has 35 heavy (non-hydrogen) atoms. The minimum atomic E-state index is -0.320. The summed E-state index contributed by atoms with van der Waals surface area (Å²) in [6, 6.07) is 21.7. The van der Waals surface area contributed by atoms with E-state index >= 15 is 0 Å². The van der Waals surface area contributed by atoms with Gasteiger partial charge in [0.1, 0.15) is 11.4 Å². The molecule has 3 N–H and O–H groups in total. The van der Waals surface area contributed by atoms with Crippen LogP contribution in [0.4, 0.5) is 10.1 Å². The van der Waals surface area contributed by atoms with E-state index in [-0.39, 0.29) is 17.9 Å². The van der Waals surface area contributed by atoms with Crippen LogP contribution in [0.3, 0.4) is 0 Å². The Morgan fingerprint density at radius 2 is 1.89 bits per heavy atom. The van der Waals surface area contributed by atoms with Crippen molar-refractivity contribution in [2.75, 3.05) is 32.6 Å². The number of likely N-dealkylation sites (tertiary alicyclic amines) is 1. The van der Waals surface area contributed by atoms with Crippen molar-refractivity contribution in [2.24, 2.45) is 5.73 Å². The molecule has 2 heterocycles. The highest BCUT2D eigenvalue weighted by molar-refractivity contribution is 5.85. The van der Waals surface area contributed by atoms with Gasteiger partial charge < -0.3 is 11.2 Å². The highest BCUT2D eigenvalue weighted by atomic mass is 19.1. The first-order valence-corrected chi connectivity index (χ1v) is 12.3. The Balaban J connectivity index is 1.57. The number of hydrogen-bond acceptors (Lipinski definition) is 4. The number of nitrogens with two attached hydrogens (primary N) is 1. The third-order valence-electron chi connectivity index (χ3n) is 7.23. The Bertz CT molecular complexity index is 1310. The number of nitrogens with one attached hydrogen (secondary N) is 1. The standard InChI is InChI=1S/C29H32FN5/c1-19-26-14-21(9-11-29(26)33-34(19)3)25-10-6-20(17-35-12-4-5-24(31)18-35)13-27(25)22-7-8-23(16-32-2)28(30)15-22/h6-11,13-15,19,24H,4-5,12,17-18,31H2,1-3H3/p+1. The van der Waals surface area contributed by atoms with E-state index in [9.17, 15) is 4.39 Å². The van der Waals surface area contributed by atoms with Gasteiger partial charge in [-0.2, -0.15) is 0 Å². The summed E-state index contributed by atoms with van der Waals surface area (Å²) < 4.78 is 14.9.